The van der Waals surface area contributed by atoms with Gasteiger partial charge in [-0.2, -0.15) is 0 Å². The zero-order valence-corrected chi connectivity index (χ0v) is 6.71. The summed E-state index contributed by atoms with van der Waals surface area (Å²) in [6.45, 7) is 1.62. The van der Waals surface area contributed by atoms with Crippen LogP contribution in [0.15, 0.2) is 17.1 Å². The van der Waals surface area contributed by atoms with Gasteiger partial charge in [0, 0.05) is 12.2 Å². The maximum absolute atomic E-state index is 9.55. The van der Waals surface area contributed by atoms with E-state index in [0.29, 0.717) is 12.2 Å². The SMILES string of the molecule is C1=NCCO1.O=C(O)C=CC(=O)O. The van der Waals surface area contributed by atoms with Crippen molar-refractivity contribution in [2.75, 3.05) is 13.2 Å². The third-order valence-corrected chi connectivity index (χ3v) is 0.856. The Kier molecular flexibility index (Phi) is 5.86. The van der Waals surface area contributed by atoms with Gasteiger partial charge in [0.2, 0.25) is 0 Å². The largest absolute Gasteiger partial charge is 0.482 e. The summed E-state index contributed by atoms with van der Waals surface area (Å²) in [5, 5.41) is 15.6. The molecule has 72 valence electrons. The van der Waals surface area contributed by atoms with Gasteiger partial charge in [-0.05, 0) is 0 Å². The van der Waals surface area contributed by atoms with Crippen molar-refractivity contribution in [1.82, 2.24) is 0 Å². The van der Waals surface area contributed by atoms with Crippen LogP contribution in [0.25, 0.3) is 0 Å². The molecule has 0 amide bonds. The number of carbonyl (C=O) groups is 2. The van der Waals surface area contributed by atoms with Crippen LogP contribution in [-0.4, -0.2) is 41.7 Å². The van der Waals surface area contributed by atoms with E-state index >= 15 is 0 Å². The van der Waals surface area contributed by atoms with Crippen LogP contribution in [0, 0.1) is 0 Å². The lowest BCUT2D eigenvalue weighted by atomic mass is 10.5. The van der Waals surface area contributed by atoms with Crippen LogP contribution in [0.5, 0.6) is 0 Å². The minimum atomic E-state index is -1.26. The van der Waals surface area contributed by atoms with Gasteiger partial charge in [-0.15, -0.1) is 0 Å². The molecule has 6 heteroatoms. The first kappa shape index (κ1) is 11.2. The van der Waals surface area contributed by atoms with Crippen molar-refractivity contribution in [1.29, 1.82) is 0 Å². The molecule has 0 aromatic rings. The van der Waals surface area contributed by atoms with E-state index in [2.05, 4.69) is 9.73 Å². The highest BCUT2D eigenvalue weighted by Gasteiger charge is 1.88. The Morgan fingerprint density at radius 2 is 1.85 bits per heavy atom. The first-order valence-corrected chi connectivity index (χ1v) is 3.36. The van der Waals surface area contributed by atoms with Gasteiger partial charge in [-0.1, -0.05) is 0 Å². The van der Waals surface area contributed by atoms with Crippen molar-refractivity contribution in [3.8, 4) is 0 Å². The summed E-state index contributed by atoms with van der Waals surface area (Å²) in [6.07, 6.45) is 2.60. The average Bonchev–Trinajstić information content (AvgIpc) is 2.57. The quantitative estimate of drug-likeness (QED) is 0.581. The number of carboxylic acid groups (broad SMARTS) is 2. The summed E-state index contributed by atoms with van der Waals surface area (Å²) < 4.78 is 4.65. The molecule has 1 aliphatic heterocycles. The van der Waals surface area contributed by atoms with Crippen molar-refractivity contribution < 1.29 is 24.5 Å². The number of ether oxygens (including phenoxy) is 1. The Balaban J connectivity index is 0.000000243. The summed E-state index contributed by atoms with van der Waals surface area (Å²) >= 11 is 0. The number of hydrogen-bond donors (Lipinski definition) is 2. The smallest absolute Gasteiger partial charge is 0.328 e. The second kappa shape index (κ2) is 6.84. The molecule has 0 radical (unpaired) electrons. The molecule has 0 fully saturated rings. The van der Waals surface area contributed by atoms with Crippen LogP contribution in [0.4, 0.5) is 0 Å². The van der Waals surface area contributed by atoms with E-state index in [9.17, 15) is 9.59 Å². The van der Waals surface area contributed by atoms with E-state index in [0.717, 1.165) is 13.2 Å². The van der Waals surface area contributed by atoms with Gasteiger partial charge in [-0.25, -0.2) is 9.59 Å². The maximum Gasteiger partial charge on any atom is 0.328 e. The van der Waals surface area contributed by atoms with E-state index in [1.165, 1.54) is 6.40 Å². The summed E-state index contributed by atoms with van der Waals surface area (Å²) in [4.78, 5) is 22.8. The molecule has 1 rings (SSSR count). The van der Waals surface area contributed by atoms with Gasteiger partial charge < -0.3 is 14.9 Å². The zero-order chi connectivity index (χ0) is 10.1. The molecule has 0 aromatic carbocycles. The molecule has 0 aliphatic carbocycles. The van der Waals surface area contributed by atoms with Gasteiger partial charge in [0.15, 0.2) is 6.40 Å². The van der Waals surface area contributed by atoms with Crippen LogP contribution in [0.2, 0.25) is 0 Å². The average molecular weight is 187 g/mol. The van der Waals surface area contributed by atoms with E-state index in [1.807, 2.05) is 0 Å². The fraction of sp³-hybridized carbons (Fsp3) is 0.286. The standard InChI is InChI=1S/C4H4O4.C3H5NO/c5-3(6)1-2-4(7)8;1-2-5-3-4-1/h1-2H,(H,5,6)(H,7,8);3H,1-2H2. The van der Waals surface area contributed by atoms with E-state index < -0.39 is 11.9 Å². The molecule has 1 aliphatic rings. The molecule has 0 bridgehead atoms. The third kappa shape index (κ3) is 10.2. The monoisotopic (exact) mass is 187 g/mol. The minimum absolute atomic E-state index is 0.558. The Labute approximate surface area is 74.2 Å². The molecule has 0 aromatic heterocycles. The highest BCUT2D eigenvalue weighted by molar-refractivity contribution is 5.89. The summed E-state index contributed by atoms with van der Waals surface area (Å²) in [7, 11) is 0. The zero-order valence-electron chi connectivity index (χ0n) is 6.71. The second-order valence-electron chi connectivity index (χ2n) is 1.89. The molecule has 1 heterocycles. The topological polar surface area (TPSA) is 96.2 Å². The van der Waals surface area contributed by atoms with Crippen LogP contribution < -0.4 is 0 Å². The number of aliphatic imine (C=N–C) groups is 1. The van der Waals surface area contributed by atoms with Crippen molar-refractivity contribution in [2.24, 2.45) is 4.99 Å². The number of hydrogen-bond acceptors (Lipinski definition) is 4. The van der Waals surface area contributed by atoms with Crippen LogP contribution >= 0.6 is 0 Å². The lowest BCUT2D eigenvalue weighted by Gasteiger charge is -1.76. The van der Waals surface area contributed by atoms with Gasteiger partial charge in [-0.3, -0.25) is 4.99 Å². The molecule has 0 spiro atoms. The molecular weight excluding hydrogens is 178 g/mol. The lowest BCUT2D eigenvalue weighted by Crippen LogP contribution is -1.91. The van der Waals surface area contributed by atoms with E-state index in [1.54, 1.807) is 0 Å². The fourth-order valence-corrected chi connectivity index (χ4v) is 0.406. The molecular formula is C7H9NO5. The fourth-order valence-electron chi connectivity index (χ4n) is 0.406. The molecule has 0 unspecified atom stereocenters. The highest BCUT2D eigenvalue weighted by atomic mass is 16.5. The van der Waals surface area contributed by atoms with E-state index in [-0.39, 0.29) is 0 Å². The van der Waals surface area contributed by atoms with Crippen LogP contribution in [0.1, 0.15) is 0 Å². The van der Waals surface area contributed by atoms with Crippen LogP contribution in [-0.2, 0) is 14.3 Å². The van der Waals surface area contributed by atoms with Crippen LogP contribution in [0.3, 0.4) is 0 Å². The Morgan fingerprint density at radius 1 is 1.31 bits per heavy atom. The summed E-state index contributed by atoms with van der Waals surface area (Å²) in [6, 6.07) is 0. The van der Waals surface area contributed by atoms with Gasteiger partial charge in [0.25, 0.3) is 0 Å². The number of aliphatic carboxylic acids is 2. The highest BCUT2D eigenvalue weighted by Crippen LogP contribution is 1.78. The number of nitrogens with zero attached hydrogens (tertiary/aromatic N) is 1. The normalized spacial score (nSPS) is 13.2. The molecule has 0 atom stereocenters. The Morgan fingerprint density at radius 3 is 2.00 bits per heavy atom. The van der Waals surface area contributed by atoms with Crippen molar-refractivity contribution in [3.63, 3.8) is 0 Å². The van der Waals surface area contributed by atoms with Gasteiger partial charge in [0.05, 0.1) is 6.54 Å². The first-order valence-electron chi connectivity index (χ1n) is 3.36. The summed E-state index contributed by atoms with van der Waals surface area (Å²) in [5.41, 5.74) is 0. The van der Waals surface area contributed by atoms with Crippen molar-refractivity contribution >= 4 is 18.3 Å². The maximum atomic E-state index is 9.55. The molecule has 13 heavy (non-hydrogen) atoms. The first-order chi connectivity index (χ1) is 6.13. The predicted octanol–water partition coefficient (Wildman–Crippen LogP) is -0.243. The molecule has 0 saturated heterocycles. The Bertz CT molecular complexity index is 211. The predicted molar refractivity (Wildman–Crippen MR) is 43.7 cm³/mol. The summed E-state index contributed by atoms with van der Waals surface area (Å²) in [5.74, 6) is -2.51. The van der Waals surface area contributed by atoms with Gasteiger partial charge in [0.1, 0.15) is 6.61 Å². The number of carboxylic acids is 2. The number of rotatable bonds is 2. The molecule has 2 N–H and O–H groups in total. The van der Waals surface area contributed by atoms with E-state index in [4.69, 9.17) is 10.2 Å². The lowest BCUT2D eigenvalue weighted by molar-refractivity contribution is -0.134. The van der Waals surface area contributed by atoms with Crippen molar-refractivity contribution in [2.45, 2.75) is 0 Å². The third-order valence-electron chi connectivity index (χ3n) is 0.856. The Hall–Kier alpha value is -1.85. The molecule has 0 saturated carbocycles. The molecule has 6 nitrogen and oxygen atoms in total. The van der Waals surface area contributed by atoms with Gasteiger partial charge >= 0.3 is 11.9 Å². The minimum Gasteiger partial charge on any atom is -0.482 e. The van der Waals surface area contributed by atoms with Crippen molar-refractivity contribution in [3.05, 3.63) is 12.2 Å². The second-order valence-corrected chi connectivity index (χ2v) is 1.89.